The van der Waals surface area contributed by atoms with Crippen molar-refractivity contribution in [3.63, 3.8) is 0 Å². The lowest BCUT2D eigenvalue weighted by molar-refractivity contribution is 0.0997. The van der Waals surface area contributed by atoms with Crippen LogP contribution in [0.15, 0.2) is 11.0 Å². The lowest BCUT2D eigenvalue weighted by Crippen LogP contribution is -2.21. The van der Waals surface area contributed by atoms with Crippen LogP contribution in [0.4, 0.5) is 0 Å². The first kappa shape index (κ1) is 8.42. The van der Waals surface area contributed by atoms with Crippen LogP contribution >= 0.6 is 0 Å². The summed E-state index contributed by atoms with van der Waals surface area (Å²) in [6, 6.07) is 0. The van der Waals surface area contributed by atoms with Gasteiger partial charge in [-0.05, 0) is 0 Å². The summed E-state index contributed by atoms with van der Waals surface area (Å²) in [6.07, 6.45) is 1.40. The maximum atomic E-state index is 11.5. The van der Waals surface area contributed by atoms with Crippen LogP contribution in [0.2, 0.25) is 0 Å². The normalized spacial score (nSPS) is 10.6. The number of carbonyl (C=O) groups excluding carboxylic acids is 1. The maximum Gasteiger partial charge on any atom is 0.278 e. The van der Waals surface area contributed by atoms with Crippen LogP contribution in [0.3, 0.4) is 0 Å². The molecule has 0 aliphatic heterocycles. The Morgan fingerprint density at radius 3 is 3.00 bits per heavy atom. The minimum Gasteiger partial charge on any atom is -0.364 e. The van der Waals surface area contributed by atoms with Gasteiger partial charge in [-0.1, -0.05) is 5.21 Å². The average molecular weight is 193 g/mol. The van der Waals surface area contributed by atoms with E-state index < -0.39 is 5.91 Å². The van der Waals surface area contributed by atoms with Gasteiger partial charge in [-0.2, -0.15) is 0 Å². The fourth-order valence-corrected chi connectivity index (χ4v) is 1.20. The summed E-state index contributed by atoms with van der Waals surface area (Å²) in [5.74, 6) is -0.664. The standard InChI is InChI=1S/C7H7N5O2/c1-12-7(14)3-2-9-5(6(8)13)4(3)10-11-12/h2,9H,1H3,(H2,8,13). The van der Waals surface area contributed by atoms with Crippen molar-refractivity contribution in [2.75, 3.05) is 0 Å². The van der Waals surface area contributed by atoms with Crippen molar-refractivity contribution in [3.8, 4) is 0 Å². The fourth-order valence-electron chi connectivity index (χ4n) is 1.20. The molecule has 2 heterocycles. The number of nitrogens with zero attached hydrogens (tertiary/aromatic N) is 3. The third-order valence-electron chi connectivity index (χ3n) is 1.90. The Kier molecular flexibility index (Phi) is 1.60. The highest BCUT2D eigenvalue weighted by molar-refractivity contribution is 6.03. The fraction of sp³-hybridized carbons (Fsp3) is 0.143. The second-order valence-electron chi connectivity index (χ2n) is 2.81. The lowest BCUT2D eigenvalue weighted by atomic mass is 10.3. The SMILES string of the molecule is Cn1nnc2c(C(N)=O)[nH]cc2c1=O. The van der Waals surface area contributed by atoms with Crippen LogP contribution < -0.4 is 11.3 Å². The van der Waals surface area contributed by atoms with E-state index in [2.05, 4.69) is 15.3 Å². The first-order valence-electron chi connectivity index (χ1n) is 3.82. The third-order valence-corrected chi connectivity index (χ3v) is 1.90. The van der Waals surface area contributed by atoms with Crippen molar-refractivity contribution in [2.45, 2.75) is 0 Å². The van der Waals surface area contributed by atoms with E-state index in [1.807, 2.05) is 0 Å². The second-order valence-corrected chi connectivity index (χ2v) is 2.81. The zero-order valence-corrected chi connectivity index (χ0v) is 7.31. The molecule has 0 atom stereocenters. The van der Waals surface area contributed by atoms with Gasteiger partial charge in [0.25, 0.3) is 11.5 Å². The molecule has 7 heteroatoms. The van der Waals surface area contributed by atoms with Gasteiger partial charge in [-0.3, -0.25) is 9.59 Å². The van der Waals surface area contributed by atoms with Crippen LogP contribution in [0.25, 0.3) is 10.9 Å². The molecule has 14 heavy (non-hydrogen) atoms. The molecule has 0 aliphatic carbocycles. The van der Waals surface area contributed by atoms with Gasteiger partial charge >= 0.3 is 0 Å². The number of nitrogens with one attached hydrogen (secondary N) is 1. The molecule has 7 nitrogen and oxygen atoms in total. The highest BCUT2D eigenvalue weighted by Crippen LogP contribution is 2.09. The number of H-pyrrole nitrogens is 1. The number of primary amides is 1. The van der Waals surface area contributed by atoms with Crippen molar-refractivity contribution >= 4 is 16.8 Å². The summed E-state index contributed by atoms with van der Waals surface area (Å²) in [7, 11) is 1.48. The molecule has 0 bridgehead atoms. The van der Waals surface area contributed by atoms with Crippen molar-refractivity contribution in [2.24, 2.45) is 12.8 Å². The Bertz CT molecular complexity index is 567. The van der Waals surface area contributed by atoms with Gasteiger partial charge in [0.2, 0.25) is 0 Å². The first-order chi connectivity index (χ1) is 6.61. The molecule has 0 unspecified atom stereocenters. The number of rotatable bonds is 1. The van der Waals surface area contributed by atoms with Gasteiger partial charge < -0.3 is 10.7 Å². The van der Waals surface area contributed by atoms with Crippen LogP contribution in [0, 0.1) is 0 Å². The number of aromatic amines is 1. The zero-order chi connectivity index (χ0) is 10.3. The van der Waals surface area contributed by atoms with Gasteiger partial charge in [-0.25, -0.2) is 4.68 Å². The molecule has 0 aliphatic rings. The van der Waals surface area contributed by atoms with Crippen LogP contribution in [0.5, 0.6) is 0 Å². The van der Waals surface area contributed by atoms with Crippen molar-refractivity contribution in [1.82, 2.24) is 20.0 Å². The van der Waals surface area contributed by atoms with E-state index in [1.54, 1.807) is 0 Å². The number of aryl methyl sites for hydroxylation is 1. The van der Waals surface area contributed by atoms with E-state index in [9.17, 15) is 9.59 Å². The quantitative estimate of drug-likeness (QED) is 0.590. The van der Waals surface area contributed by atoms with Gasteiger partial charge in [0.1, 0.15) is 11.2 Å². The highest BCUT2D eigenvalue weighted by Gasteiger charge is 2.13. The Labute approximate surface area is 77.5 Å². The molecule has 0 aromatic carbocycles. The Balaban J connectivity index is 2.91. The van der Waals surface area contributed by atoms with Crippen LogP contribution in [-0.2, 0) is 7.05 Å². The number of fused-ring (bicyclic) bond motifs is 1. The smallest absolute Gasteiger partial charge is 0.278 e. The van der Waals surface area contributed by atoms with E-state index in [1.165, 1.54) is 13.2 Å². The molecule has 0 saturated carbocycles. The zero-order valence-electron chi connectivity index (χ0n) is 7.31. The predicted molar refractivity (Wildman–Crippen MR) is 47.6 cm³/mol. The van der Waals surface area contributed by atoms with E-state index in [0.717, 1.165) is 4.68 Å². The number of amides is 1. The molecular formula is C7H7N5O2. The number of nitrogens with two attached hydrogens (primary N) is 1. The Morgan fingerprint density at radius 1 is 1.64 bits per heavy atom. The summed E-state index contributed by atoms with van der Waals surface area (Å²) in [5, 5.41) is 7.55. The van der Waals surface area contributed by atoms with E-state index in [0.29, 0.717) is 5.39 Å². The monoisotopic (exact) mass is 193 g/mol. The number of carbonyl (C=O) groups is 1. The van der Waals surface area contributed by atoms with E-state index >= 15 is 0 Å². The Hall–Kier alpha value is -2.18. The molecule has 2 aromatic rings. The van der Waals surface area contributed by atoms with E-state index in [-0.39, 0.29) is 16.8 Å². The van der Waals surface area contributed by atoms with Gasteiger partial charge in [0, 0.05) is 13.2 Å². The summed E-state index contributed by atoms with van der Waals surface area (Å²) in [5.41, 5.74) is 5.06. The number of hydrogen-bond acceptors (Lipinski definition) is 4. The largest absolute Gasteiger partial charge is 0.364 e. The molecule has 1 amide bonds. The molecule has 3 N–H and O–H groups in total. The maximum absolute atomic E-state index is 11.5. The average Bonchev–Trinajstić information content (AvgIpc) is 2.55. The number of aromatic nitrogens is 4. The minimum absolute atomic E-state index is 0.102. The summed E-state index contributed by atoms with van der Waals surface area (Å²) < 4.78 is 1.08. The number of hydrogen-bond donors (Lipinski definition) is 2. The summed E-state index contributed by atoms with van der Waals surface area (Å²) >= 11 is 0. The van der Waals surface area contributed by atoms with Gasteiger partial charge in [-0.15, -0.1) is 5.10 Å². The van der Waals surface area contributed by atoms with E-state index in [4.69, 9.17) is 5.73 Å². The van der Waals surface area contributed by atoms with Gasteiger partial charge in [0.05, 0.1) is 5.39 Å². The highest BCUT2D eigenvalue weighted by atomic mass is 16.1. The van der Waals surface area contributed by atoms with Crippen molar-refractivity contribution < 1.29 is 4.79 Å². The topological polar surface area (TPSA) is 107 Å². The molecule has 72 valence electrons. The second kappa shape index (κ2) is 2.66. The third kappa shape index (κ3) is 0.987. The molecule has 0 spiro atoms. The Morgan fingerprint density at radius 2 is 2.36 bits per heavy atom. The molecular weight excluding hydrogens is 186 g/mol. The van der Waals surface area contributed by atoms with Crippen LogP contribution in [0.1, 0.15) is 10.5 Å². The van der Waals surface area contributed by atoms with Gasteiger partial charge in [0.15, 0.2) is 0 Å². The summed E-state index contributed by atoms with van der Waals surface area (Å²) in [4.78, 5) is 24.9. The predicted octanol–water partition coefficient (Wildman–Crippen LogP) is -1.24. The van der Waals surface area contributed by atoms with Crippen molar-refractivity contribution in [3.05, 3.63) is 22.2 Å². The first-order valence-corrected chi connectivity index (χ1v) is 3.82. The molecule has 0 fully saturated rings. The minimum atomic E-state index is -0.664. The van der Waals surface area contributed by atoms with Crippen molar-refractivity contribution in [1.29, 1.82) is 0 Å². The molecule has 2 rings (SSSR count). The van der Waals surface area contributed by atoms with Crippen LogP contribution in [-0.4, -0.2) is 25.9 Å². The molecule has 2 aromatic heterocycles. The molecule has 0 saturated heterocycles. The lowest BCUT2D eigenvalue weighted by Gasteiger charge is -1.93. The summed E-state index contributed by atoms with van der Waals surface area (Å²) in [6.45, 7) is 0. The molecule has 0 radical (unpaired) electrons.